The van der Waals surface area contributed by atoms with Gasteiger partial charge in [-0.15, -0.1) is 11.8 Å². The van der Waals surface area contributed by atoms with Gasteiger partial charge in [-0.1, -0.05) is 78.4 Å². The lowest BCUT2D eigenvalue weighted by Gasteiger charge is -2.18. The van der Waals surface area contributed by atoms with E-state index in [4.69, 9.17) is 0 Å². The number of amides is 3. The molecule has 0 saturated carbocycles. The van der Waals surface area contributed by atoms with E-state index >= 15 is 0 Å². The van der Waals surface area contributed by atoms with Crippen LogP contribution < -0.4 is 16.0 Å². The molecule has 3 amide bonds. The summed E-state index contributed by atoms with van der Waals surface area (Å²) in [5.74, 6) is -1.57. The maximum atomic E-state index is 13.6. The van der Waals surface area contributed by atoms with Crippen LogP contribution in [0.3, 0.4) is 0 Å². The Kier molecular flexibility index (Phi) is 10.4. The third-order valence-corrected chi connectivity index (χ3v) is 8.32. The highest BCUT2D eigenvalue weighted by Gasteiger charge is 2.23. The summed E-state index contributed by atoms with van der Waals surface area (Å²) in [5.41, 5.74) is 5.13. The molecule has 46 heavy (non-hydrogen) atoms. The van der Waals surface area contributed by atoms with Crippen molar-refractivity contribution in [2.24, 2.45) is 0 Å². The van der Waals surface area contributed by atoms with Crippen LogP contribution in [0.1, 0.15) is 37.9 Å². The molecule has 5 aromatic carbocycles. The number of halogens is 1. The molecule has 5 rings (SSSR count). The van der Waals surface area contributed by atoms with Crippen LogP contribution in [-0.2, 0) is 9.59 Å². The number of rotatable bonds is 10. The van der Waals surface area contributed by atoms with Gasteiger partial charge >= 0.3 is 0 Å². The highest BCUT2D eigenvalue weighted by molar-refractivity contribution is 8.00. The molecule has 1 atom stereocenters. The molecular formula is C38H32FN3O3S. The molecule has 6 nitrogen and oxygen atoms in total. The maximum absolute atomic E-state index is 13.6. The third kappa shape index (κ3) is 8.58. The fourth-order valence-corrected chi connectivity index (χ4v) is 5.70. The van der Waals surface area contributed by atoms with Crippen molar-refractivity contribution in [3.05, 3.63) is 167 Å². The van der Waals surface area contributed by atoms with E-state index in [1.54, 1.807) is 42.5 Å². The number of carbonyl (C=O) groups excluding carboxylic acids is 3. The number of nitrogens with one attached hydrogen (secondary N) is 3. The van der Waals surface area contributed by atoms with Gasteiger partial charge < -0.3 is 16.0 Å². The van der Waals surface area contributed by atoms with Gasteiger partial charge in [0.15, 0.2) is 0 Å². The van der Waals surface area contributed by atoms with Crippen LogP contribution >= 0.6 is 11.8 Å². The molecule has 0 aliphatic heterocycles. The van der Waals surface area contributed by atoms with Crippen molar-refractivity contribution < 1.29 is 18.8 Å². The van der Waals surface area contributed by atoms with E-state index in [0.29, 0.717) is 16.8 Å². The average molecular weight is 630 g/mol. The molecule has 0 aromatic heterocycles. The first kappa shape index (κ1) is 31.9. The quantitative estimate of drug-likeness (QED) is 0.107. The van der Waals surface area contributed by atoms with Crippen LogP contribution in [0.15, 0.2) is 138 Å². The Hall–Kier alpha value is -5.47. The standard InChI is InChI=1S/C38H32FN3O3S/c1-25-13-22-33(26(2)23-25)41-38(45)35(28-9-5-3-6-10-28)46-32-20-18-31(19-21-32)40-37(44)34(24-27-14-16-30(39)17-15-27)42-36(43)29-11-7-4-8-12-29/h3-24,35H,1-2H3,(H,40,44)(H,41,45)(H,42,43)/b34-24-. The second-order valence-corrected chi connectivity index (χ2v) is 11.8. The second-order valence-electron chi connectivity index (χ2n) is 10.6. The summed E-state index contributed by atoms with van der Waals surface area (Å²) in [6, 6.07) is 36.7. The largest absolute Gasteiger partial charge is 0.325 e. The minimum absolute atomic E-state index is 0.00822. The predicted molar refractivity (Wildman–Crippen MR) is 183 cm³/mol. The lowest BCUT2D eigenvalue weighted by molar-refractivity contribution is -0.116. The van der Waals surface area contributed by atoms with E-state index in [-0.39, 0.29) is 11.6 Å². The van der Waals surface area contributed by atoms with Crippen molar-refractivity contribution in [3.63, 3.8) is 0 Å². The first-order valence-electron chi connectivity index (χ1n) is 14.6. The SMILES string of the molecule is Cc1ccc(NC(=O)C(Sc2ccc(NC(=O)/C(=C/c3ccc(F)cc3)NC(=O)c3ccccc3)cc2)c2ccccc2)c(C)c1. The Morgan fingerprint density at radius 1 is 0.739 bits per heavy atom. The first-order valence-corrected chi connectivity index (χ1v) is 15.5. The molecule has 1 unspecified atom stereocenters. The highest BCUT2D eigenvalue weighted by Crippen LogP contribution is 2.37. The van der Waals surface area contributed by atoms with E-state index < -0.39 is 22.9 Å². The highest BCUT2D eigenvalue weighted by atomic mass is 32.2. The molecular weight excluding hydrogens is 598 g/mol. The number of benzene rings is 5. The van der Waals surface area contributed by atoms with Crippen LogP contribution in [0.4, 0.5) is 15.8 Å². The Morgan fingerprint density at radius 3 is 2.04 bits per heavy atom. The number of carbonyl (C=O) groups is 3. The smallest absolute Gasteiger partial charge is 0.272 e. The lowest BCUT2D eigenvalue weighted by atomic mass is 10.1. The van der Waals surface area contributed by atoms with Crippen molar-refractivity contribution in [2.75, 3.05) is 10.6 Å². The second kappa shape index (κ2) is 15.0. The molecule has 0 spiro atoms. The molecule has 5 aromatic rings. The average Bonchev–Trinajstić information content (AvgIpc) is 3.07. The van der Waals surface area contributed by atoms with Crippen molar-refractivity contribution in [2.45, 2.75) is 24.0 Å². The summed E-state index contributed by atoms with van der Waals surface area (Å²) < 4.78 is 13.5. The van der Waals surface area contributed by atoms with Gasteiger partial charge in [0.2, 0.25) is 5.91 Å². The van der Waals surface area contributed by atoms with Gasteiger partial charge in [0.1, 0.15) is 16.8 Å². The zero-order chi connectivity index (χ0) is 32.5. The van der Waals surface area contributed by atoms with Crippen molar-refractivity contribution in [3.8, 4) is 0 Å². The molecule has 0 radical (unpaired) electrons. The molecule has 0 saturated heterocycles. The molecule has 0 heterocycles. The first-order chi connectivity index (χ1) is 22.2. The minimum Gasteiger partial charge on any atom is -0.325 e. The van der Waals surface area contributed by atoms with E-state index in [1.807, 2.05) is 74.5 Å². The van der Waals surface area contributed by atoms with Crippen LogP contribution in [0.5, 0.6) is 0 Å². The Labute approximate surface area is 271 Å². The summed E-state index contributed by atoms with van der Waals surface area (Å²) in [5, 5.41) is 8.05. The minimum atomic E-state index is -0.552. The van der Waals surface area contributed by atoms with Gasteiger partial charge in [0, 0.05) is 21.8 Å². The third-order valence-electron chi connectivity index (χ3n) is 7.06. The van der Waals surface area contributed by atoms with Gasteiger partial charge in [-0.2, -0.15) is 0 Å². The molecule has 3 N–H and O–H groups in total. The predicted octanol–water partition coefficient (Wildman–Crippen LogP) is 8.32. The number of thioether (sulfide) groups is 1. The van der Waals surface area contributed by atoms with Crippen molar-refractivity contribution >= 4 is 46.9 Å². The zero-order valence-electron chi connectivity index (χ0n) is 25.3. The van der Waals surface area contributed by atoms with E-state index in [9.17, 15) is 18.8 Å². The number of hydrogen-bond acceptors (Lipinski definition) is 4. The fraction of sp³-hybridized carbons (Fsp3) is 0.0789. The summed E-state index contributed by atoms with van der Waals surface area (Å²) in [7, 11) is 0. The van der Waals surface area contributed by atoms with Crippen LogP contribution in [0, 0.1) is 19.7 Å². The molecule has 230 valence electrons. The Bertz CT molecular complexity index is 1860. The van der Waals surface area contributed by atoms with Gasteiger partial charge in [0.05, 0.1) is 0 Å². The van der Waals surface area contributed by atoms with Gasteiger partial charge in [-0.3, -0.25) is 14.4 Å². The maximum Gasteiger partial charge on any atom is 0.272 e. The summed E-state index contributed by atoms with van der Waals surface area (Å²) in [6.45, 7) is 3.98. The van der Waals surface area contributed by atoms with E-state index in [2.05, 4.69) is 16.0 Å². The van der Waals surface area contributed by atoms with Gasteiger partial charge in [-0.05, 0) is 91.2 Å². The summed E-state index contributed by atoms with van der Waals surface area (Å²) in [6.07, 6.45) is 1.48. The number of aryl methyl sites for hydroxylation is 2. The normalized spacial score (nSPS) is 11.8. The van der Waals surface area contributed by atoms with Crippen LogP contribution in [-0.4, -0.2) is 17.7 Å². The zero-order valence-corrected chi connectivity index (χ0v) is 26.1. The van der Waals surface area contributed by atoms with Gasteiger partial charge in [-0.25, -0.2) is 4.39 Å². The van der Waals surface area contributed by atoms with Crippen molar-refractivity contribution in [1.82, 2.24) is 5.32 Å². The Balaban J connectivity index is 1.33. The van der Waals surface area contributed by atoms with Crippen molar-refractivity contribution in [1.29, 1.82) is 0 Å². The summed E-state index contributed by atoms with van der Waals surface area (Å²) in [4.78, 5) is 40.7. The van der Waals surface area contributed by atoms with E-state index in [1.165, 1.54) is 42.1 Å². The molecule has 0 aliphatic rings. The molecule has 0 bridgehead atoms. The molecule has 8 heteroatoms. The summed E-state index contributed by atoms with van der Waals surface area (Å²) >= 11 is 1.40. The number of hydrogen-bond donors (Lipinski definition) is 3. The monoisotopic (exact) mass is 629 g/mol. The van der Waals surface area contributed by atoms with Gasteiger partial charge in [0.25, 0.3) is 11.8 Å². The van der Waals surface area contributed by atoms with Crippen LogP contribution in [0.2, 0.25) is 0 Å². The van der Waals surface area contributed by atoms with Crippen LogP contribution in [0.25, 0.3) is 6.08 Å². The Morgan fingerprint density at radius 2 is 1.39 bits per heavy atom. The molecule has 0 aliphatic carbocycles. The topological polar surface area (TPSA) is 87.3 Å². The lowest BCUT2D eigenvalue weighted by Crippen LogP contribution is -2.30. The molecule has 0 fully saturated rings. The van der Waals surface area contributed by atoms with E-state index in [0.717, 1.165) is 27.3 Å². The number of anilines is 2. The fourth-order valence-electron chi connectivity index (χ4n) is 4.67.